The van der Waals surface area contributed by atoms with Crippen LogP contribution in [0.15, 0.2) is 22.7 Å². The summed E-state index contributed by atoms with van der Waals surface area (Å²) in [6.07, 6.45) is -0.542. The molecule has 3 atom stereocenters. The fourth-order valence-electron chi connectivity index (χ4n) is 3.47. The standard InChI is InChI=1S/C15H17BrFNO3/c1-3-18-15(11-6-10(16)4-5-13(11)17)8-20-14(9(2)19)12(15)7-21-18/h4-6,12,14H,3,7-8H2,1-2H3/t12-,14-,15-/m1/s1. The smallest absolute Gasteiger partial charge is 0.158 e. The number of ether oxygens (including phenoxy) is 1. The number of hydrogen-bond acceptors (Lipinski definition) is 4. The molecule has 0 N–H and O–H groups in total. The Bertz CT molecular complexity index is 582. The summed E-state index contributed by atoms with van der Waals surface area (Å²) in [5.41, 5.74) is -0.219. The van der Waals surface area contributed by atoms with Crippen molar-refractivity contribution < 1.29 is 18.8 Å². The van der Waals surface area contributed by atoms with E-state index in [1.54, 1.807) is 17.2 Å². The van der Waals surface area contributed by atoms with Gasteiger partial charge in [0.2, 0.25) is 0 Å². The highest BCUT2D eigenvalue weighted by atomic mass is 79.9. The van der Waals surface area contributed by atoms with Crippen molar-refractivity contribution in [3.05, 3.63) is 34.1 Å². The van der Waals surface area contributed by atoms with E-state index in [2.05, 4.69) is 15.9 Å². The lowest BCUT2D eigenvalue weighted by Crippen LogP contribution is -2.46. The minimum Gasteiger partial charge on any atom is -0.368 e. The molecule has 2 fully saturated rings. The molecule has 0 amide bonds. The molecule has 1 aromatic carbocycles. The van der Waals surface area contributed by atoms with E-state index in [4.69, 9.17) is 9.57 Å². The summed E-state index contributed by atoms with van der Waals surface area (Å²) in [4.78, 5) is 17.5. The Kier molecular flexibility index (Phi) is 3.90. The monoisotopic (exact) mass is 357 g/mol. The second kappa shape index (κ2) is 5.43. The van der Waals surface area contributed by atoms with Gasteiger partial charge in [-0.2, -0.15) is 5.06 Å². The largest absolute Gasteiger partial charge is 0.368 e. The Hall–Kier alpha value is -0.820. The van der Waals surface area contributed by atoms with Gasteiger partial charge in [-0.3, -0.25) is 9.63 Å². The van der Waals surface area contributed by atoms with Gasteiger partial charge in [0, 0.05) is 22.5 Å². The zero-order valence-electron chi connectivity index (χ0n) is 11.9. The minimum atomic E-state index is -0.737. The van der Waals surface area contributed by atoms with Gasteiger partial charge in [-0.05, 0) is 25.1 Å². The quantitative estimate of drug-likeness (QED) is 0.833. The number of carbonyl (C=O) groups is 1. The number of halogens is 2. The van der Waals surface area contributed by atoms with Crippen LogP contribution in [0.1, 0.15) is 19.4 Å². The Morgan fingerprint density at radius 3 is 3.00 bits per heavy atom. The molecule has 3 rings (SSSR count). The van der Waals surface area contributed by atoms with Gasteiger partial charge in [-0.1, -0.05) is 22.9 Å². The number of nitrogens with zero attached hydrogens (tertiary/aromatic N) is 1. The van der Waals surface area contributed by atoms with Crippen LogP contribution in [0.5, 0.6) is 0 Å². The molecule has 2 saturated heterocycles. The van der Waals surface area contributed by atoms with Crippen molar-refractivity contribution in [2.75, 3.05) is 19.8 Å². The van der Waals surface area contributed by atoms with E-state index in [9.17, 15) is 9.18 Å². The Balaban J connectivity index is 2.14. The molecular formula is C15H17BrFNO3. The van der Waals surface area contributed by atoms with Gasteiger partial charge < -0.3 is 4.74 Å². The van der Waals surface area contributed by atoms with Gasteiger partial charge in [-0.25, -0.2) is 4.39 Å². The topological polar surface area (TPSA) is 38.8 Å². The molecule has 0 spiro atoms. The summed E-state index contributed by atoms with van der Waals surface area (Å²) in [6, 6.07) is 4.85. The highest BCUT2D eigenvalue weighted by Crippen LogP contribution is 2.50. The van der Waals surface area contributed by atoms with Crippen LogP contribution < -0.4 is 0 Å². The van der Waals surface area contributed by atoms with Gasteiger partial charge in [0.05, 0.1) is 13.2 Å². The number of hydrogen-bond donors (Lipinski definition) is 0. The van der Waals surface area contributed by atoms with Crippen LogP contribution >= 0.6 is 15.9 Å². The zero-order chi connectivity index (χ0) is 15.2. The predicted octanol–water partition coefficient (Wildman–Crippen LogP) is 2.65. The van der Waals surface area contributed by atoms with E-state index < -0.39 is 11.6 Å². The number of Topliss-reactive ketones (excluding diaryl/α,β-unsaturated/α-hetero) is 1. The Labute approximate surface area is 131 Å². The summed E-state index contributed by atoms with van der Waals surface area (Å²) in [5, 5.41) is 1.76. The summed E-state index contributed by atoms with van der Waals surface area (Å²) < 4.78 is 21.0. The molecule has 0 saturated carbocycles. The maximum Gasteiger partial charge on any atom is 0.158 e. The van der Waals surface area contributed by atoms with E-state index in [1.165, 1.54) is 13.0 Å². The lowest BCUT2D eigenvalue weighted by Gasteiger charge is -2.35. The number of rotatable bonds is 3. The van der Waals surface area contributed by atoms with Gasteiger partial charge in [0.15, 0.2) is 5.78 Å². The third-order valence-corrected chi connectivity index (χ3v) is 4.89. The van der Waals surface area contributed by atoms with Crippen molar-refractivity contribution in [2.24, 2.45) is 5.92 Å². The van der Waals surface area contributed by atoms with E-state index >= 15 is 0 Å². The third-order valence-electron chi connectivity index (χ3n) is 4.40. The van der Waals surface area contributed by atoms with E-state index in [0.717, 1.165) is 4.47 Å². The third kappa shape index (κ3) is 2.16. The molecule has 21 heavy (non-hydrogen) atoms. The molecule has 114 valence electrons. The second-order valence-electron chi connectivity index (χ2n) is 5.49. The van der Waals surface area contributed by atoms with Gasteiger partial charge in [0.25, 0.3) is 0 Å². The fourth-order valence-corrected chi connectivity index (χ4v) is 3.83. The first-order valence-electron chi connectivity index (χ1n) is 6.99. The second-order valence-corrected chi connectivity index (χ2v) is 6.40. The molecule has 2 aliphatic heterocycles. The highest BCUT2D eigenvalue weighted by molar-refractivity contribution is 9.10. The lowest BCUT2D eigenvalue weighted by molar-refractivity contribution is -0.175. The van der Waals surface area contributed by atoms with Crippen LogP contribution in [0.25, 0.3) is 0 Å². The number of ketones is 1. The van der Waals surface area contributed by atoms with Crippen LogP contribution in [-0.2, 0) is 19.9 Å². The summed E-state index contributed by atoms with van der Waals surface area (Å²) in [6.45, 7) is 4.66. The summed E-state index contributed by atoms with van der Waals surface area (Å²) in [5.74, 6) is -0.544. The first-order valence-corrected chi connectivity index (χ1v) is 7.78. The number of carbonyl (C=O) groups excluding carboxylic acids is 1. The van der Waals surface area contributed by atoms with Crippen molar-refractivity contribution in [3.8, 4) is 0 Å². The van der Waals surface area contributed by atoms with E-state index in [0.29, 0.717) is 18.7 Å². The van der Waals surface area contributed by atoms with Crippen molar-refractivity contribution in [2.45, 2.75) is 25.5 Å². The number of hydroxylamine groups is 2. The first kappa shape index (κ1) is 15.1. The molecule has 1 aromatic rings. The molecule has 0 unspecified atom stereocenters. The molecule has 0 aliphatic carbocycles. The first-order chi connectivity index (χ1) is 10.0. The average molecular weight is 358 g/mol. The molecular weight excluding hydrogens is 341 g/mol. The Morgan fingerprint density at radius 1 is 1.57 bits per heavy atom. The summed E-state index contributed by atoms with van der Waals surface area (Å²) >= 11 is 3.39. The molecule has 2 heterocycles. The maximum absolute atomic E-state index is 14.4. The highest BCUT2D eigenvalue weighted by Gasteiger charge is 2.61. The number of fused-ring (bicyclic) bond motifs is 1. The van der Waals surface area contributed by atoms with Crippen LogP contribution in [0.2, 0.25) is 0 Å². The fraction of sp³-hybridized carbons (Fsp3) is 0.533. The molecule has 2 aliphatic rings. The normalized spacial score (nSPS) is 32.4. The van der Waals surface area contributed by atoms with Gasteiger partial charge >= 0.3 is 0 Å². The van der Waals surface area contributed by atoms with Crippen molar-refractivity contribution in [1.82, 2.24) is 5.06 Å². The zero-order valence-corrected chi connectivity index (χ0v) is 13.5. The average Bonchev–Trinajstić information content (AvgIpc) is 2.98. The van der Waals surface area contributed by atoms with Crippen LogP contribution in [-0.4, -0.2) is 36.7 Å². The molecule has 0 bridgehead atoms. The predicted molar refractivity (Wildman–Crippen MR) is 78.0 cm³/mol. The van der Waals surface area contributed by atoms with Gasteiger partial charge in [0.1, 0.15) is 17.5 Å². The molecule has 6 heteroatoms. The Morgan fingerprint density at radius 2 is 2.33 bits per heavy atom. The molecule has 4 nitrogen and oxygen atoms in total. The van der Waals surface area contributed by atoms with Crippen molar-refractivity contribution in [3.63, 3.8) is 0 Å². The van der Waals surface area contributed by atoms with Crippen molar-refractivity contribution in [1.29, 1.82) is 0 Å². The van der Waals surface area contributed by atoms with Crippen LogP contribution in [0, 0.1) is 11.7 Å². The van der Waals surface area contributed by atoms with Crippen molar-refractivity contribution >= 4 is 21.7 Å². The lowest BCUT2D eigenvalue weighted by atomic mass is 9.77. The minimum absolute atomic E-state index is 0.0427. The number of benzene rings is 1. The van der Waals surface area contributed by atoms with Crippen LogP contribution in [0.4, 0.5) is 4.39 Å². The summed E-state index contributed by atoms with van der Waals surface area (Å²) in [7, 11) is 0. The maximum atomic E-state index is 14.4. The van der Waals surface area contributed by atoms with E-state index in [1.807, 2.05) is 6.92 Å². The number of likely N-dealkylation sites (N-methyl/N-ethyl adjacent to an activating group) is 1. The van der Waals surface area contributed by atoms with E-state index in [-0.39, 0.29) is 24.1 Å². The molecule has 0 aromatic heterocycles. The van der Waals surface area contributed by atoms with Gasteiger partial charge in [-0.15, -0.1) is 0 Å². The van der Waals surface area contributed by atoms with Crippen LogP contribution in [0.3, 0.4) is 0 Å². The molecule has 0 radical (unpaired) electrons. The SMILES string of the molecule is CCN1OC[C@@H]2[C@@H](C(C)=O)OC[C@@]21c1cc(Br)ccc1F.